The van der Waals surface area contributed by atoms with Gasteiger partial charge in [0.2, 0.25) is 0 Å². The molecule has 5 atom stereocenters. The largest absolute Gasteiger partial charge is 0.494 e. The van der Waals surface area contributed by atoms with E-state index < -0.39 is 42.7 Å². The summed E-state index contributed by atoms with van der Waals surface area (Å²) in [7, 11) is 0. The summed E-state index contributed by atoms with van der Waals surface area (Å²) >= 11 is 6.83. The lowest BCUT2D eigenvalue weighted by atomic mass is 9.87. The molecule has 2 aliphatic heterocycles. The molecule has 4 rings (SSSR count). The Labute approximate surface area is 198 Å². The molecule has 0 saturated carbocycles. The summed E-state index contributed by atoms with van der Waals surface area (Å²) in [5, 5.41) is 41.5. The van der Waals surface area contributed by atoms with E-state index in [-0.39, 0.29) is 0 Å². The molecule has 2 aromatic carbocycles. The molecule has 0 aromatic heterocycles. The standard InChI is InChI=1S/C25H31ClO7/c1-4-31-15-7-5-13(6-8-15)9-14-10-16(23-17(19(14)26)11-25(2,3)33-23)24-22(30)21(29)20(28)18(12-27)32-24/h5-8,10,18,20-22,24,27-30H,4,9,11-12H2,1-3H3. The molecule has 0 radical (unpaired) electrons. The highest BCUT2D eigenvalue weighted by atomic mass is 35.5. The van der Waals surface area contributed by atoms with E-state index in [1.807, 2.05) is 51.1 Å². The van der Waals surface area contributed by atoms with Crippen LogP contribution in [0.1, 0.15) is 49.1 Å². The van der Waals surface area contributed by atoms with Gasteiger partial charge in [0.15, 0.2) is 0 Å². The van der Waals surface area contributed by atoms with Crippen LogP contribution in [0.3, 0.4) is 0 Å². The molecule has 2 aliphatic rings. The minimum absolute atomic E-state index is 0.497. The van der Waals surface area contributed by atoms with Gasteiger partial charge >= 0.3 is 0 Å². The Bertz CT molecular complexity index is 989. The minimum atomic E-state index is -1.48. The monoisotopic (exact) mass is 478 g/mol. The number of halogens is 1. The molecule has 0 bridgehead atoms. The van der Waals surface area contributed by atoms with Crippen molar-refractivity contribution < 1.29 is 34.6 Å². The van der Waals surface area contributed by atoms with Crippen molar-refractivity contribution in [2.75, 3.05) is 13.2 Å². The SMILES string of the molecule is CCOc1ccc(Cc2cc(C3OC(CO)C(O)C(O)C3O)c3c(c2Cl)CC(C)(C)O3)cc1. The number of rotatable bonds is 6. The third kappa shape index (κ3) is 4.71. The first-order valence-corrected chi connectivity index (χ1v) is 11.6. The molecule has 2 heterocycles. The summed E-state index contributed by atoms with van der Waals surface area (Å²) in [6, 6.07) is 9.59. The van der Waals surface area contributed by atoms with Crippen LogP contribution in [0.2, 0.25) is 5.02 Å². The van der Waals surface area contributed by atoms with Crippen LogP contribution in [0.5, 0.6) is 11.5 Å². The first-order chi connectivity index (χ1) is 15.6. The molecular formula is C25H31ClO7. The van der Waals surface area contributed by atoms with E-state index in [4.69, 9.17) is 25.8 Å². The molecule has 1 saturated heterocycles. The van der Waals surface area contributed by atoms with Crippen molar-refractivity contribution in [2.24, 2.45) is 0 Å². The summed E-state index contributed by atoms with van der Waals surface area (Å²) in [4.78, 5) is 0. The minimum Gasteiger partial charge on any atom is -0.494 e. The Morgan fingerprint density at radius 3 is 2.42 bits per heavy atom. The molecule has 180 valence electrons. The fourth-order valence-electron chi connectivity index (χ4n) is 4.59. The smallest absolute Gasteiger partial charge is 0.130 e. The number of aliphatic hydroxyl groups is 4. The van der Waals surface area contributed by atoms with Crippen LogP contribution in [-0.4, -0.2) is 63.7 Å². The second kappa shape index (κ2) is 9.41. The molecule has 1 fully saturated rings. The Morgan fingerprint density at radius 1 is 1.09 bits per heavy atom. The van der Waals surface area contributed by atoms with Crippen LogP contribution in [-0.2, 0) is 17.6 Å². The maximum absolute atomic E-state index is 10.7. The van der Waals surface area contributed by atoms with E-state index in [9.17, 15) is 20.4 Å². The van der Waals surface area contributed by atoms with Crippen LogP contribution < -0.4 is 9.47 Å². The lowest BCUT2D eigenvalue weighted by molar-refractivity contribution is -0.232. The van der Waals surface area contributed by atoms with Crippen LogP contribution in [0.4, 0.5) is 0 Å². The van der Waals surface area contributed by atoms with Crippen molar-refractivity contribution in [3.8, 4) is 11.5 Å². The summed E-state index contributed by atoms with van der Waals surface area (Å²) < 4.78 is 17.6. The lowest BCUT2D eigenvalue weighted by Crippen LogP contribution is -2.55. The fourth-order valence-corrected chi connectivity index (χ4v) is 4.86. The molecule has 5 unspecified atom stereocenters. The fraction of sp³-hybridized carbons (Fsp3) is 0.520. The molecule has 0 aliphatic carbocycles. The number of hydrogen-bond donors (Lipinski definition) is 4. The first kappa shape index (κ1) is 24.3. The molecule has 7 nitrogen and oxygen atoms in total. The van der Waals surface area contributed by atoms with Gasteiger partial charge in [-0.15, -0.1) is 0 Å². The molecule has 33 heavy (non-hydrogen) atoms. The molecule has 0 spiro atoms. The average molecular weight is 479 g/mol. The summed E-state index contributed by atoms with van der Waals surface area (Å²) in [6.45, 7) is 5.93. The molecule has 2 aromatic rings. The van der Waals surface area contributed by atoms with E-state index in [1.165, 1.54) is 0 Å². The third-order valence-electron chi connectivity index (χ3n) is 6.22. The highest BCUT2D eigenvalue weighted by molar-refractivity contribution is 6.32. The number of ether oxygens (including phenoxy) is 3. The zero-order valence-corrected chi connectivity index (χ0v) is 19.7. The summed E-state index contributed by atoms with van der Waals surface area (Å²) in [6.07, 6.45) is -5.22. The van der Waals surface area contributed by atoms with Crippen molar-refractivity contribution in [1.82, 2.24) is 0 Å². The van der Waals surface area contributed by atoms with E-state index in [0.717, 1.165) is 22.4 Å². The first-order valence-electron chi connectivity index (χ1n) is 11.2. The van der Waals surface area contributed by atoms with E-state index >= 15 is 0 Å². The van der Waals surface area contributed by atoms with Gasteiger partial charge in [0.05, 0.1) is 18.2 Å². The maximum atomic E-state index is 10.7. The summed E-state index contributed by atoms with van der Waals surface area (Å²) in [5.74, 6) is 1.31. The van der Waals surface area contributed by atoms with Gasteiger partial charge in [-0.3, -0.25) is 0 Å². The Balaban J connectivity index is 1.75. The second-order valence-corrected chi connectivity index (χ2v) is 9.67. The predicted molar refractivity (Wildman–Crippen MR) is 123 cm³/mol. The van der Waals surface area contributed by atoms with E-state index in [1.54, 1.807) is 0 Å². The molecule has 8 heteroatoms. The zero-order valence-electron chi connectivity index (χ0n) is 19.0. The summed E-state index contributed by atoms with van der Waals surface area (Å²) in [5.41, 5.74) is 2.70. The zero-order chi connectivity index (χ0) is 23.9. The van der Waals surface area contributed by atoms with Crippen LogP contribution >= 0.6 is 11.6 Å². The van der Waals surface area contributed by atoms with Crippen LogP contribution in [0.15, 0.2) is 30.3 Å². The van der Waals surface area contributed by atoms with Crippen LogP contribution in [0.25, 0.3) is 0 Å². The Kier molecular flexibility index (Phi) is 6.92. The number of benzene rings is 2. The normalized spacial score (nSPS) is 28.3. The highest BCUT2D eigenvalue weighted by Gasteiger charge is 2.46. The average Bonchev–Trinajstić information content (AvgIpc) is 3.12. The van der Waals surface area contributed by atoms with Gasteiger partial charge < -0.3 is 34.6 Å². The number of fused-ring (bicyclic) bond motifs is 1. The highest BCUT2D eigenvalue weighted by Crippen LogP contribution is 2.48. The molecular weight excluding hydrogens is 448 g/mol. The lowest BCUT2D eigenvalue weighted by Gasteiger charge is -2.40. The van der Waals surface area contributed by atoms with Gasteiger partial charge in [0.25, 0.3) is 0 Å². The van der Waals surface area contributed by atoms with Crippen molar-refractivity contribution in [3.63, 3.8) is 0 Å². The van der Waals surface area contributed by atoms with Crippen molar-refractivity contribution >= 4 is 11.6 Å². The number of hydrogen-bond acceptors (Lipinski definition) is 7. The quantitative estimate of drug-likeness (QED) is 0.505. The molecule has 0 amide bonds. The van der Waals surface area contributed by atoms with Gasteiger partial charge in [-0.1, -0.05) is 23.7 Å². The Hall–Kier alpha value is -1.87. The van der Waals surface area contributed by atoms with Gasteiger partial charge in [-0.05, 0) is 56.5 Å². The van der Waals surface area contributed by atoms with Gasteiger partial charge in [-0.2, -0.15) is 0 Å². The van der Waals surface area contributed by atoms with Crippen LogP contribution in [0, 0.1) is 0 Å². The molecule has 4 N–H and O–H groups in total. The van der Waals surface area contributed by atoms with Gasteiger partial charge in [0, 0.05) is 17.5 Å². The van der Waals surface area contributed by atoms with Crippen molar-refractivity contribution in [1.29, 1.82) is 0 Å². The van der Waals surface area contributed by atoms with E-state index in [0.29, 0.717) is 35.8 Å². The van der Waals surface area contributed by atoms with Gasteiger partial charge in [0.1, 0.15) is 47.6 Å². The Morgan fingerprint density at radius 2 is 1.79 bits per heavy atom. The van der Waals surface area contributed by atoms with Gasteiger partial charge in [-0.25, -0.2) is 0 Å². The topological polar surface area (TPSA) is 109 Å². The number of aliphatic hydroxyl groups excluding tert-OH is 4. The van der Waals surface area contributed by atoms with Crippen molar-refractivity contribution in [2.45, 2.75) is 69.7 Å². The third-order valence-corrected chi connectivity index (χ3v) is 6.69. The second-order valence-electron chi connectivity index (χ2n) is 9.29. The van der Waals surface area contributed by atoms with E-state index in [2.05, 4.69) is 0 Å². The predicted octanol–water partition coefficient (Wildman–Crippen LogP) is 2.56. The van der Waals surface area contributed by atoms with Crippen molar-refractivity contribution in [3.05, 3.63) is 57.6 Å². The maximum Gasteiger partial charge on any atom is 0.130 e.